The maximum Gasteiger partial charge on any atom is 0.268 e. The Bertz CT molecular complexity index is 928. The number of rotatable bonds is 4. The van der Waals surface area contributed by atoms with E-state index in [4.69, 9.17) is 16.4 Å². The van der Waals surface area contributed by atoms with Crippen LogP contribution in [0.1, 0.15) is 23.6 Å². The van der Waals surface area contributed by atoms with E-state index in [2.05, 4.69) is 15.6 Å². The first-order valence-electron chi connectivity index (χ1n) is 7.92. The van der Waals surface area contributed by atoms with Gasteiger partial charge in [0.05, 0.1) is 0 Å². The maximum atomic E-state index is 12.5. The van der Waals surface area contributed by atoms with Gasteiger partial charge in [-0.15, -0.1) is 5.10 Å². The van der Waals surface area contributed by atoms with Gasteiger partial charge in [-0.25, -0.2) is 0 Å². The largest absolute Gasteiger partial charge is 0.382 e. The average Bonchev–Trinajstić information content (AvgIpc) is 2.92. The molecule has 130 valence electrons. The number of hydrogen-bond acceptors (Lipinski definition) is 4. The third-order valence-electron chi connectivity index (χ3n) is 3.93. The van der Waals surface area contributed by atoms with Crippen molar-refractivity contribution in [3.05, 3.63) is 52.0 Å². The van der Waals surface area contributed by atoms with Crippen LogP contribution in [0.2, 0.25) is 5.02 Å². The Morgan fingerprint density at radius 1 is 1.20 bits per heavy atom. The molecule has 0 fully saturated rings. The lowest BCUT2D eigenvalue weighted by Gasteiger charge is -2.17. The highest BCUT2D eigenvalue weighted by Crippen LogP contribution is 2.22. The summed E-state index contributed by atoms with van der Waals surface area (Å²) in [4.78, 5) is 19.4. The molecule has 0 saturated carbocycles. The quantitative estimate of drug-likeness (QED) is 0.775. The number of carbonyl (C=O) groups excluding carboxylic acids is 1. The molecule has 1 N–H and O–H groups in total. The zero-order valence-corrected chi connectivity index (χ0v) is 15.3. The van der Waals surface area contributed by atoms with Crippen molar-refractivity contribution >= 4 is 34.2 Å². The number of fused-ring (bicyclic) bond motifs is 1. The van der Waals surface area contributed by atoms with Crippen LogP contribution in [0.5, 0.6) is 0 Å². The van der Waals surface area contributed by atoms with Crippen molar-refractivity contribution in [2.75, 3.05) is 5.32 Å². The third kappa shape index (κ3) is 3.58. The summed E-state index contributed by atoms with van der Waals surface area (Å²) in [5.74, 6) is -0.263. The van der Waals surface area contributed by atoms with E-state index < -0.39 is 6.10 Å². The molecule has 7 heteroatoms. The normalized spacial score (nSPS) is 12.2. The minimum absolute atomic E-state index is 0.263. The van der Waals surface area contributed by atoms with Crippen molar-refractivity contribution in [2.45, 2.75) is 33.8 Å². The average molecular weight is 359 g/mol. The highest BCUT2D eigenvalue weighted by Gasteiger charge is 2.19. The van der Waals surface area contributed by atoms with E-state index in [1.807, 2.05) is 32.9 Å². The van der Waals surface area contributed by atoms with Crippen LogP contribution in [-0.4, -0.2) is 27.2 Å². The SMILES string of the molecule is Cc1cc(C)c(NC(=O)[C@@H](C)On2nnc3ccc(Cl)cc32)c(C)c1. The minimum Gasteiger partial charge on any atom is -0.382 e. The van der Waals surface area contributed by atoms with Crippen LogP contribution < -0.4 is 10.2 Å². The zero-order chi connectivity index (χ0) is 18.1. The lowest BCUT2D eigenvalue weighted by atomic mass is 10.0. The predicted molar refractivity (Wildman–Crippen MR) is 97.9 cm³/mol. The molecule has 0 aliphatic heterocycles. The molecule has 6 nitrogen and oxygen atoms in total. The molecule has 0 saturated heterocycles. The number of benzene rings is 2. The zero-order valence-electron chi connectivity index (χ0n) is 14.5. The molecule has 25 heavy (non-hydrogen) atoms. The van der Waals surface area contributed by atoms with E-state index in [0.29, 0.717) is 16.1 Å². The molecule has 1 heterocycles. The number of aryl methyl sites for hydroxylation is 3. The van der Waals surface area contributed by atoms with Crippen molar-refractivity contribution in [1.29, 1.82) is 0 Å². The van der Waals surface area contributed by atoms with Gasteiger partial charge in [-0.2, -0.15) is 0 Å². The van der Waals surface area contributed by atoms with Crippen LogP contribution in [0.3, 0.4) is 0 Å². The Labute approximate surface area is 150 Å². The lowest BCUT2D eigenvalue weighted by Crippen LogP contribution is -2.35. The first kappa shape index (κ1) is 17.2. The van der Waals surface area contributed by atoms with Gasteiger partial charge in [0.1, 0.15) is 11.0 Å². The summed E-state index contributed by atoms with van der Waals surface area (Å²) < 4.78 is 0. The molecular formula is C18H19ClN4O2. The van der Waals surface area contributed by atoms with Crippen molar-refractivity contribution in [3.8, 4) is 0 Å². The number of hydrogen-bond donors (Lipinski definition) is 1. The number of nitrogens with one attached hydrogen (secondary N) is 1. The highest BCUT2D eigenvalue weighted by molar-refractivity contribution is 6.31. The van der Waals surface area contributed by atoms with E-state index in [1.165, 1.54) is 4.85 Å². The standard InChI is InChI=1S/C18H19ClN4O2/c1-10-7-11(2)17(12(3)8-10)20-18(24)13(4)25-23-16-9-14(19)5-6-15(16)21-22-23/h5-9,13H,1-4H3,(H,20,24)/t13-/m1/s1. The van der Waals surface area contributed by atoms with Gasteiger partial charge in [-0.05, 0) is 62.2 Å². The van der Waals surface area contributed by atoms with E-state index >= 15 is 0 Å². The molecule has 0 aliphatic carbocycles. The summed E-state index contributed by atoms with van der Waals surface area (Å²) in [7, 11) is 0. The number of halogens is 1. The van der Waals surface area contributed by atoms with Crippen LogP contribution >= 0.6 is 11.6 Å². The van der Waals surface area contributed by atoms with Crippen molar-refractivity contribution in [3.63, 3.8) is 0 Å². The fourth-order valence-corrected chi connectivity index (χ4v) is 2.92. The smallest absolute Gasteiger partial charge is 0.268 e. The van der Waals surface area contributed by atoms with Crippen LogP contribution in [-0.2, 0) is 4.79 Å². The molecule has 1 amide bonds. The summed E-state index contributed by atoms with van der Waals surface area (Å²) in [5, 5.41) is 11.4. The van der Waals surface area contributed by atoms with E-state index in [0.717, 1.165) is 22.4 Å². The Morgan fingerprint density at radius 3 is 2.56 bits per heavy atom. The first-order chi connectivity index (χ1) is 11.8. The van der Waals surface area contributed by atoms with Gasteiger partial charge >= 0.3 is 0 Å². The Morgan fingerprint density at radius 2 is 1.88 bits per heavy atom. The van der Waals surface area contributed by atoms with E-state index in [-0.39, 0.29) is 5.91 Å². The number of nitrogens with zero attached hydrogens (tertiary/aromatic N) is 3. The van der Waals surface area contributed by atoms with Gasteiger partial charge in [0.25, 0.3) is 5.91 Å². The third-order valence-corrected chi connectivity index (χ3v) is 4.16. The Hall–Kier alpha value is -2.60. The molecule has 1 aromatic heterocycles. The lowest BCUT2D eigenvalue weighted by molar-refractivity contribution is -0.127. The predicted octanol–water partition coefficient (Wildman–Crippen LogP) is 3.47. The van der Waals surface area contributed by atoms with E-state index in [1.54, 1.807) is 25.1 Å². The summed E-state index contributed by atoms with van der Waals surface area (Å²) in [6.07, 6.45) is -0.760. The Balaban J connectivity index is 1.78. The molecular weight excluding hydrogens is 340 g/mol. The van der Waals surface area contributed by atoms with Crippen molar-refractivity contribution < 1.29 is 9.63 Å². The monoisotopic (exact) mass is 358 g/mol. The van der Waals surface area contributed by atoms with Crippen LogP contribution in [0.15, 0.2) is 30.3 Å². The van der Waals surface area contributed by atoms with Crippen LogP contribution in [0.25, 0.3) is 11.0 Å². The van der Waals surface area contributed by atoms with Crippen molar-refractivity contribution in [1.82, 2.24) is 15.2 Å². The van der Waals surface area contributed by atoms with Crippen molar-refractivity contribution in [2.24, 2.45) is 0 Å². The topological polar surface area (TPSA) is 69.0 Å². The van der Waals surface area contributed by atoms with Crippen LogP contribution in [0, 0.1) is 20.8 Å². The number of amides is 1. The Kier molecular flexibility index (Phi) is 4.63. The maximum absolute atomic E-state index is 12.5. The fraction of sp³-hybridized carbons (Fsp3) is 0.278. The second kappa shape index (κ2) is 6.72. The van der Waals surface area contributed by atoms with Crippen LogP contribution in [0.4, 0.5) is 5.69 Å². The van der Waals surface area contributed by atoms with Gasteiger partial charge in [0.2, 0.25) is 6.10 Å². The summed E-state index contributed by atoms with van der Waals surface area (Å²) in [5.41, 5.74) is 5.23. The second-order valence-electron chi connectivity index (χ2n) is 6.11. The molecule has 0 aliphatic rings. The van der Waals surface area contributed by atoms with Gasteiger partial charge < -0.3 is 10.2 Å². The van der Waals surface area contributed by atoms with Gasteiger partial charge in [0, 0.05) is 10.7 Å². The second-order valence-corrected chi connectivity index (χ2v) is 6.54. The summed E-state index contributed by atoms with van der Waals surface area (Å²) in [6, 6.07) is 9.22. The minimum atomic E-state index is -0.760. The molecule has 2 aromatic carbocycles. The summed E-state index contributed by atoms with van der Waals surface area (Å²) in [6.45, 7) is 7.62. The van der Waals surface area contributed by atoms with E-state index in [9.17, 15) is 4.79 Å². The molecule has 1 atom stereocenters. The number of anilines is 1. The summed E-state index contributed by atoms with van der Waals surface area (Å²) >= 11 is 6.00. The molecule has 3 aromatic rings. The number of aromatic nitrogens is 3. The molecule has 0 radical (unpaired) electrons. The highest BCUT2D eigenvalue weighted by atomic mass is 35.5. The molecule has 0 spiro atoms. The first-order valence-corrected chi connectivity index (χ1v) is 8.30. The molecule has 3 rings (SSSR count). The fourth-order valence-electron chi connectivity index (χ4n) is 2.75. The van der Waals surface area contributed by atoms with Gasteiger partial charge in [-0.3, -0.25) is 4.79 Å². The van der Waals surface area contributed by atoms with Gasteiger partial charge in [-0.1, -0.05) is 34.1 Å². The van der Waals surface area contributed by atoms with Gasteiger partial charge in [0.15, 0.2) is 0 Å². The number of carbonyl (C=O) groups is 1. The molecule has 0 bridgehead atoms. The molecule has 0 unspecified atom stereocenters.